The van der Waals surface area contributed by atoms with Crippen molar-refractivity contribution in [3.63, 3.8) is 0 Å². The summed E-state index contributed by atoms with van der Waals surface area (Å²) in [6.45, 7) is 3.31. The maximum atomic E-state index is 12.1. The summed E-state index contributed by atoms with van der Waals surface area (Å²) in [5, 5.41) is 3.42. The largest absolute Gasteiger partial charge is 0.369 e. The van der Waals surface area contributed by atoms with Crippen LogP contribution in [-0.2, 0) is 20.9 Å². The molecule has 1 heterocycles. The fourth-order valence-corrected chi connectivity index (χ4v) is 2.51. The van der Waals surface area contributed by atoms with Gasteiger partial charge in [-0.25, -0.2) is 0 Å². The second-order valence-corrected chi connectivity index (χ2v) is 5.69. The summed E-state index contributed by atoms with van der Waals surface area (Å²) in [4.78, 5) is 12.1. The van der Waals surface area contributed by atoms with Gasteiger partial charge in [0.25, 0.3) is 5.91 Å². The third-order valence-corrected chi connectivity index (χ3v) is 3.85. The van der Waals surface area contributed by atoms with Crippen LogP contribution in [0.1, 0.15) is 13.8 Å². The Morgan fingerprint density at radius 3 is 2.58 bits per heavy atom. The van der Waals surface area contributed by atoms with Crippen molar-refractivity contribution in [1.29, 1.82) is 0 Å². The van der Waals surface area contributed by atoms with Gasteiger partial charge < -0.3 is 10.1 Å². The Hall–Kier alpha value is -0.950. The van der Waals surface area contributed by atoms with Crippen LogP contribution >= 0.6 is 23.2 Å². The number of nitrogens with zero attached hydrogens (tertiary/aromatic N) is 2. The number of methoxy groups -OCH3 is 1. The van der Waals surface area contributed by atoms with E-state index in [9.17, 15) is 4.79 Å². The molecule has 1 aliphatic rings. The molecule has 0 aliphatic carbocycles. The lowest BCUT2D eigenvalue weighted by Crippen LogP contribution is -2.38. The Morgan fingerprint density at radius 1 is 1.32 bits per heavy atom. The zero-order valence-electron chi connectivity index (χ0n) is 10.5. The number of hydrogen-bond donors (Lipinski definition) is 1. The van der Waals surface area contributed by atoms with Crippen LogP contribution in [0.4, 0.5) is 17.1 Å². The van der Waals surface area contributed by atoms with Crippen molar-refractivity contribution >= 4 is 57.5 Å². The molecule has 0 atom stereocenters. The first-order valence-corrected chi connectivity index (χ1v) is 6.82. The smallest absolute Gasteiger partial charge is 0.256 e. The van der Waals surface area contributed by atoms with E-state index in [0.29, 0.717) is 27.1 Å². The summed E-state index contributed by atoms with van der Waals surface area (Å²) in [6, 6.07) is 1.53. The Kier molecular flexibility index (Phi) is 3.96. The monoisotopic (exact) mass is 319 g/mol. The molecule has 19 heavy (non-hydrogen) atoms. The van der Waals surface area contributed by atoms with E-state index in [1.54, 1.807) is 13.8 Å². The molecule has 1 aliphatic heterocycles. The van der Waals surface area contributed by atoms with Crippen LogP contribution in [0.3, 0.4) is 0 Å². The molecule has 0 radical (unpaired) electrons. The van der Waals surface area contributed by atoms with Crippen molar-refractivity contribution in [2.75, 3.05) is 12.4 Å². The number of benzene rings is 1. The third-order valence-electron chi connectivity index (χ3n) is 2.74. The first-order valence-electron chi connectivity index (χ1n) is 5.33. The first kappa shape index (κ1) is 14.5. The van der Waals surface area contributed by atoms with E-state index in [4.69, 9.17) is 27.9 Å². The average molecular weight is 320 g/mol. The quantitative estimate of drug-likeness (QED) is 0.926. The van der Waals surface area contributed by atoms with Crippen molar-refractivity contribution in [2.45, 2.75) is 19.4 Å². The molecule has 1 amide bonds. The number of fused-ring (bicyclic) bond motifs is 1. The molecule has 1 aromatic carbocycles. The zero-order chi connectivity index (χ0) is 14.2. The van der Waals surface area contributed by atoms with Crippen LogP contribution in [0.5, 0.6) is 0 Å². The van der Waals surface area contributed by atoms with Crippen LogP contribution in [0.25, 0.3) is 0 Å². The van der Waals surface area contributed by atoms with Gasteiger partial charge >= 0.3 is 0 Å². The van der Waals surface area contributed by atoms with Crippen molar-refractivity contribution in [3.8, 4) is 0 Å². The molecule has 0 aromatic heterocycles. The summed E-state index contributed by atoms with van der Waals surface area (Å²) in [6.07, 6.45) is 0. The van der Waals surface area contributed by atoms with Crippen molar-refractivity contribution in [2.24, 2.45) is 8.73 Å². The number of hydrogen-bond acceptors (Lipinski definition) is 4. The third kappa shape index (κ3) is 2.67. The number of rotatable bonds is 3. The number of halogens is 2. The summed E-state index contributed by atoms with van der Waals surface area (Å²) in [5.74, 6) is -0.325. The molecule has 0 bridgehead atoms. The van der Waals surface area contributed by atoms with Crippen molar-refractivity contribution < 1.29 is 9.53 Å². The highest BCUT2D eigenvalue weighted by Crippen LogP contribution is 2.47. The molecule has 0 fully saturated rings. The van der Waals surface area contributed by atoms with Gasteiger partial charge in [0.05, 0.1) is 27.1 Å². The van der Waals surface area contributed by atoms with Crippen LogP contribution in [0.15, 0.2) is 14.8 Å². The highest BCUT2D eigenvalue weighted by molar-refractivity contribution is 7.58. The predicted octanol–water partition coefficient (Wildman–Crippen LogP) is 4.08. The van der Waals surface area contributed by atoms with Gasteiger partial charge in [-0.2, -0.15) is 8.73 Å². The lowest BCUT2D eigenvalue weighted by Gasteiger charge is -2.22. The fraction of sp³-hybridized carbons (Fsp3) is 0.364. The highest BCUT2D eigenvalue weighted by atomic mass is 35.5. The minimum Gasteiger partial charge on any atom is -0.369 e. The van der Waals surface area contributed by atoms with Gasteiger partial charge in [-0.15, -0.1) is 0 Å². The van der Waals surface area contributed by atoms with E-state index in [1.807, 2.05) is 0 Å². The van der Waals surface area contributed by atoms with Gasteiger partial charge in [-0.1, -0.05) is 23.2 Å². The normalized spacial score (nSPS) is 13.1. The Labute approximate surface area is 124 Å². The molecule has 102 valence electrons. The minimum absolute atomic E-state index is 0.311. The first-order chi connectivity index (χ1) is 8.86. The highest BCUT2D eigenvalue weighted by Gasteiger charge is 2.29. The van der Waals surface area contributed by atoms with E-state index < -0.39 is 5.60 Å². The molecule has 0 saturated heterocycles. The predicted molar refractivity (Wildman–Crippen MR) is 77.7 cm³/mol. The number of carbonyl (C=O) groups excluding carboxylic acids is 1. The van der Waals surface area contributed by atoms with Crippen molar-refractivity contribution in [1.82, 2.24) is 0 Å². The molecular formula is C11H11Cl2N3O2S. The maximum Gasteiger partial charge on any atom is 0.256 e. The SMILES string of the molecule is COC(C)(C)C(=O)Nc1c(Cl)cc(Cl)c2c1N=S=N2. The number of amides is 1. The number of carbonyl (C=O) groups is 1. The van der Waals surface area contributed by atoms with Crippen LogP contribution in [0, 0.1) is 0 Å². The summed E-state index contributed by atoms with van der Waals surface area (Å²) in [5.41, 5.74) is 0.410. The van der Waals surface area contributed by atoms with Gasteiger partial charge in [0.1, 0.15) is 17.0 Å². The topological polar surface area (TPSA) is 63.0 Å². The van der Waals surface area contributed by atoms with Crippen LogP contribution in [-0.4, -0.2) is 18.6 Å². The van der Waals surface area contributed by atoms with E-state index in [-0.39, 0.29) is 5.91 Å². The molecule has 2 rings (SSSR count). The molecule has 8 heteroatoms. The second kappa shape index (κ2) is 5.20. The fourth-order valence-electron chi connectivity index (χ4n) is 1.35. The Balaban J connectivity index is 2.41. The molecule has 0 unspecified atom stereocenters. The number of nitrogens with one attached hydrogen (secondary N) is 1. The molecular weight excluding hydrogens is 309 g/mol. The summed E-state index contributed by atoms with van der Waals surface area (Å²) in [7, 11) is 1.46. The molecule has 1 aromatic rings. The Morgan fingerprint density at radius 2 is 1.95 bits per heavy atom. The zero-order valence-corrected chi connectivity index (χ0v) is 12.8. The number of anilines is 1. The maximum absolute atomic E-state index is 12.1. The van der Waals surface area contributed by atoms with Crippen molar-refractivity contribution in [3.05, 3.63) is 16.1 Å². The van der Waals surface area contributed by atoms with E-state index in [2.05, 4.69) is 14.0 Å². The molecule has 1 N–H and O–H groups in total. The average Bonchev–Trinajstić information content (AvgIpc) is 2.83. The second-order valence-electron chi connectivity index (χ2n) is 4.35. The van der Waals surface area contributed by atoms with Gasteiger partial charge in [-0.05, 0) is 19.9 Å². The van der Waals surface area contributed by atoms with E-state index in [0.717, 1.165) is 11.4 Å². The van der Waals surface area contributed by atoms with Crippen LogP contribution < -0.4 is 5.32 Å². The molecule has 0 spiro atoms. The minimum atomic E-state index is -0.973. The van der Waals surface area contributed by atoms with Gasteiger partial charge in [0.2, 0.25) is 0 Å². The lowest BCUT2D eigenvalue weighted by atomic mass is 10.1. The summed E-state index contributed by atoms with van der Waals surface area (Å²) >= 11 is 13.1. The van der Waals surface area contributed by atoms with Gasteiger partial charge in [0.15, 0.2) is 0 Å². The molecule has 0 saturated carbocycles. The number of ether oxygens (including phenoxy) is 1. The van der Waals surface area contributed by atoms with E-state index >= 15 is 0 Å². The standard InChI is InChI=1S/C11H11Cl2N3O2S/c1-11(2,18-3)10(17)14-7-5(12)4-6(13)8-9(7)16-19-15-8/h4H,1-3H3,(H,14,17). The van der Waals surface area contributed by atoms with Gasteiger partial charge in [0, 0.05) is 7.11 Å². The lowest BCUT2D eigenvalue weighted by molar-refractivity contribution is -0.133. The summed E-state index contributed by atoms with van der Waals surface area (Å²) < 4.78 is 13.3. The van der Waals surface area contributed by atoms with Gasteiger partial charge in [-0.3, -0.25) is 4.79 Å². The van der Waals surface area contributed by atoms with E-state index in [1.165, 1.54) is 13.2 Å². The molecule has 5 nitrogen and oxygen atoms in total. The van der Waals surface area contributed by atoms with Crippen LogP contribution in [0.2, 0.25) is 10.0 Å². The Bertz CT molecular complexity index is 625.